The van der Waals surface area contributed by atoms with Gasteiger partial charge in [-0.1, -0.05) is 12.1 Å². The first-order chi connectivity index (χ1) is 12.2. The maximum atomic E-state index is 12.3. The Labute approximate surface area is 150 Å². The number of aromatic nitrogens is 2. The Morgan fingerprint density at radius 3 is 2.48 bits per heavy atom. The van der Waals surface area contributed by atoms with Gasteiger partial charge in [0.1, 0.15) is 0 Å². The SMILES string of the molecule is CCc1noc([C@H](C)N2CCN(CCC(=O)N3CCCCC3)CC2)n1. The molecule has 7 heteroatoms. The normalized spacial score (nSPS) is 21.4. The van der Waals surface area contributed by atoms with Crippen molar-refractivity contribution in [2.24, 2.45) is 0 Å². The Morgan fingerprint density at radius 1 is 1.12 bits per heavy atom. The zero-order chi connectivity index (χ0) is 17.6. The summed E-state index contributed by atoms with van der Waals surface area (Å²) in [6.45, 7) is 10.9. The maximum Gasteiger partial charge on any atom is 0.243 e. The van der Waals surface area contributed by atoms with Crippen molar-refractivity contribution in [3.63, 3.8) is 0 Å². The van der Waals surface area contributed by atoms with E-state index in [4.69, 9.17) is 4.52 Å². The van der Waals surface area contributed by atoms with Gasteiger partial charge in [0.25, 0.3) is 0 Å². The molecule has 2 aliphatic rings. The van der Waals surface area contributed by atoms with E-state index in [1.165, 1.54) is 6.42 Å². The summed E-state index contributed by atoms with van der Waals surface area (Å²) in [4.78, 5) is 23.6. The zero-order valence-corrected chi connectivity index (χ0v) is 15.6. The Kier molecular flexibility index (Phi) is 6.42. The van der Waals surface area contributed by atoms with Crippen molar-refractivity contribution in [1.82, 2.24) is 24.8 Å². The molecule has 1 atom stereocenters. The second-order valence-electron chi connectivity index (χ2n) is 7.15. The highest BCUT2D eigenvalue weighted by Gasteiger charge is 2.26. The lowest BCUT2D eigenvalue weighted by atomic mass is 10.1. The molecule has 0 spiro atoms. The van der Waals surface area contributed by atoms with Crippen molar-refractivity contribution in [2.45, 2.75) is 52.0 Å². The van der Waals surface area contributed by atoms with E-state index < -0.39 is 0 Å². The minimum atomic E-state index is 0.157. The monoisotopic (exact) mass is 349 g/mol. The summed E-state index contributed by atoms with van der Waals surface area (Å²) >= 11 is 0. The number of piperazine rings is 1. The van der Waals surface area contributed by atoms with Crippen LogP contribution in [0, 0.1) is 0 Å². The standard InChI is InChI=1S/C18H31N5O2/c1-3-16-19-18(25-20-16)15(2)22-13-11-21(12-14-22)10-7-17(24)23-8-5-4-6-9-23/h15H,3-14H2,1-2H3/t15-/m0/s1. The van der Waals surface area contributed by atoms with Gasteiger partial charge in [0.2, 0.25) is 11.8 Å². The van der Waals surface area contributed by atoms with Gasteiger partial charge in [0.15, 0.2) is 5.82 Å². The molecule has 3 heterocycles. The van der Waals surface area contributed by atoms with Crippen LogP contribution in [0.5, 0.6) is 0 Å². The summed E-state index contributed by atoms with van der Waals surface area (Å²) in [5, 5.41) is 3.99. The van der Waals surface area contributed by atoms with Crippen LogP contribution in [-0.2, 0) is 11.2 Å². The third kappa shape index (κ3) is 4.79. The van der Waals surface area contributed by atoms with Gasteiger partial charge < -0.3 is 14.3 Å². The molecule has 1 amide bonds. The van der Waals surface area contributed by atoms with Crippen LogP contribution in [0.15, 0.2) is 4.52 Å². The molecule has 25 heavy (non-hydrogen) atoms. The van der Waals surface area contributed by atoms with Gasteiger partial charge in [-0.15, -0.1) is 0 Å². The topological polar surface area (TPSA) is 65.7 Å². The Bertz CT molecular complexity index is 547. The number of piperidine rings is 1. The Hall–Kier alpha value is -1.47. The van der Waals surface area contributed by atoms with E-state index in [2.05, 4.69) is 26.9 Å². The average molecular weight is 349 g/mol. The van der Waals surface area contributed by atoms with Gasteiger partial charge in [0.05, 0.1) is 6.04 Å². The molecule has 0 aliphatic carbocycles. The molecule has 0 N–H and O–H groups in total. The number of hydrogen-bond acceptors (Lipinski definition) is 6. The van der Waals surface area contributed by atoms with Crippen LogP contribution in [0.1, 0.15) is 57.3 Å². The summed E-state index contributed by atoms with van der Waals surface area (Å²) in [6.07, 6.45) is 5.05. The number of nitrogens with zero attached hydrogens (tertiary/aromatic N) is 5. The Morgan fingerprint density at radius 2 is 1.84 bits per heavy atom. The van der Waals surface area contributed by atoms with E-state index in [1.54, 1.807) is 0 Å². The number of carbonyl (C=O) groups is 1. The first-order valence-electron chi connectivity index (χ1n) is 9.74. The fourth-order valence-electron chi connectivity index (χ4n) is 3.67. The van der Waals surface area contributed by atoms with Crippen molar-refractivity contribution < 1.29 is 9.32 Å². The van der Waals surface area contributed by atoms with Crippen LogP contribution >= 0.6 is 0 Å². The van der Waals surface area contributed by atoms with Crippen LogP contribution in [-0.4, -0.2) is 76.6 Å². The number of rotatable bonds is 6. The summed E-state index contributed by atoms with van der Waals surface area (Å²) < 4.78 is 5.38. The maximum absolute atomic E-state index is 12.3. The summed E-state index contributed by atoms with van der Waals surface area (Å²) in [5.41, 5.74) is 0. The van der Waals surface area contributed by atoms with E-state index >= 15 is 0 Å². The van der Waals surface area contributed by atoms with Gasteiger partial charge in [-0.05, 0) is 26.2 Å². The molecule has 0 bridgehead atoms. The lowest BCUT2D eigenvalue weighted by Gasteiger charge is -2.37. The van der Waals surface area contributed by atoms with E-state index in [0.717, 1.165) is 70.9 Å². The largest absolute Gasteiger partial charge is 0.343 e. The van der Waals surface area contributed by atoms with Crippen LogP contribution in [0.25, 0.3) is 0 Å². The van der Waals surface area contributed by atoms with Crippen LogP contribution in [0.3, 0.4) is 0 Å². The summed E-state index contributed by atoms with van der Waals surface area (Å²) in [5.74, 6) is 1.82. The number of likely N-dealkylation sites (tertiary alicyclic amines) is 1. The first kappa shape index (κ1) is 18.3. The van der Waals surface area contributed by atoms with E-state index in [1.807, 2.05) is 11.8 Å². The molecule has 0 saturated carbocycles. The molecule has 0 aromatic carbocycles. The number of aryl methyl sites for hydroxylation is 1. The summed E-state index contributed by atoms with van der Waals surface area (Å²) in [7, 11) is 0. The highest BCUT2D eigenvalue weighted by Crippen LogP contribution is 2.20. The van der Waals surface area contributed by atoms with E-state index in [9.17, 15) is 4.79 Å². The zero-order valence-electron chi connectivity index (χ0n) is 15.6. The minimum absolute atomic E-state index is 0.157. The summed E-state index contributed by atoms with van der Waals surface area (Å²) in [6, 6.07) is 0.157. The van der Waals surface area contributed by atoms with Crippen LogP contribution < -0.4 is 0 Å². The van der Waals surface area contributed by atoms with Crippen molar-refractivity contribution in [3.8, 4) is 0 Å². The molecule has 2 fully saturated rings. The van der Waals surface area contributed by atoms with Gasteiger partial charge in [-0.25, -0.2) is 0 Å². The predicted octanol–water partition coefficient (Wildman–Crippen LogP) is 1.71. The molecule has 3 rings (SSSR count). The second kappa shape index (κ2) is 8.76. The third-order valence-corrected chi connectivity index (χ3v) is 5.46. The van der Waals surface area contributed by atoms with Crippen LogP contribution in [0.2, 0.25) is 0 Å². The van der Waals surface area contributed by atoms with Crippen molar-refractivity contribution in [1.29, 1.82) is 0 Å². The average Bonchev–Trinajstić information content (AvgIpc) is 3.16. The first-order valence-corrected chi connectivity index (χ1v) is 9.74. The number of amides is 1. The number of carbonyl (C=O) groups excluding carboxylic acids is 1. The lowest BCUT2D eigenvalue weighted by molar-refractivity contribution is -0.132. The van der Waals surface area contributed by atoms with Gasteiger partial charge in [0, 0.05) is 58.7 Å². The molecule has 0 radical (unpaired) electrons. The Balaban J connectivity index is 1.40. The van der Waals surface area contributed by atoms with Crippen LogP contribution in [0.4, 0.5) is 0 Å². The number of hydrogen-bond donors (Lipinski definition) is 0. The van der Waals surface area contributed by atoms with E-state index in [0.29, 0.717) is 18.2 Å². The molecule has 140 valence electrons. The molecule has 7 nitrogen and oxygen atoms in total. The molecule has 1 aromatic heterocycles. The van der Waals surface area contributed by atoms with E-state index in [-0.39, 0.29) is 6.04 Å². The van der Waals surface area contributed by atoms with Gasteiger partial charge >= 0.3 is 0 Å². The molecule has 2 aliphatic heterocycles. The van der Waals surface area contributed by atoms with Crippen molar-refractivity contribution >= 4 is 5.91 Å². The van der Waals surface area contributed by atoms with Gasteiger partial charge in [-0.2, -0.15) is 4.98 Å². The quantitative estimate of drug-likeness (QED) is 0.779. The third-order valence-electron chi connectivity index (χ3n) is 5.46. The molecule has 0 unspecified atom stereocenters. The molecule has 2 saturated heterocycles. The fourth-order valence-corrected chi connectivity index (χ4v) is 3.67. The lowest BCUT2D eigenvalue weighted by Crippen LogP contribution is -2.48. The molecular formula is C18H31N5O2. The highest BCUT2D eigenvalue weighted by molar-refractivity contribution is 5.76. The minimum Gasteiger partial charge on any atom is -0.343 e. The molecular weight excluding hydrogens is 318 g/mol. The smallest absolute Gasteiger partial charge is 0.243 e. The predicted molar refractivity (Wildman–Crippen MR) is 95.2 cm³/mol. The van der Waals surface area contributed by atoms with Crippen molar-refractivity contribution in [3.05, 3.63) is 11.7 Å². The van der Waals surface area contributed by atoms with Gasteiger partial charge in [-0.3, -0.25) is 9.69 Å². The van der Waals surface area contributed by atoms with Crippen molar-refractivity contribution in [2.75, 3.05) is 45.8 Å². The second-order valence-corrected chi connectivity index (χ2v) is 7.15. The fraction of sp³-hybridized carbons (Fsp3) is 0.833. The molecule has 1 aromatic rings. The highest BCUT2D eigenvalue weighted by atomic mass is 16.5.